The molecule has 162 valence electrons. The summed E-state index contributed by atoms with van der Waals surface area (Å²) in [5, 5.41) is 0.158. The first kappa shape index (κ1) is 22.1. The normalized spacial score (nSPS) is 15.2. The summed E-state index contributed by atoms with van der Waals surface area (Å²) in [6.07, 6.45) is 0. The molecule has 1 heterocycles. The highest BCUT2D eigenvalue weighted by molar-refractivity contribution is 9.10. The van der Waals surface area contributed by atoms with Crippen LogP contribution in [0.5, 0.6) is 11.5 Å². The maximum Gasteiger partial charge on any atom is 0.305 e. The second-order valence-corrected chi connectivity index (χ2v) is 15.2. The van der Waals surface area contributed by atoms with Gasteiger partial charge in [0.2, 0.25) is 0 Å². The van der Waals surface area contributed by atoms with E-state index >= 15 is 0 Å². The van der Waals surface area contributed by atoms with E-state index in [9.17, 15) is 0 Å². The Hall–Kier alpha value is -2.08. The third-order valence-corrected chi connectivity index (χ3v) is 11.5. The first-order valence-electron chi connectivity index (χ1n) is 10.6. The van der Waals surface area contributed by atoms with E-state index < -0.39 is 14.1 Å². The van der Waals surface area contributed by atoms with Crippen LogP contribution in [0.15, 0.2) is 77.3 Å². The van der Waals surface area contributed by atoms with Crippen molar-refractivity contribution in [3.8, 4) is 11.5 Å². The molecule has 0 N–H and O–H groups in total. The molecule has 0 radical (unpaired) electrons. The van der Waals surface area contributed by atoms with Gasteiger partial charge in [-0.1, -0.05) is 97.4 Å². The Bertz CT molecular complexity index is 1020. The van der Waals surface area contributed by atoms with Gasteiger partial charge in [0, 0.05) is 15.6 Å². The Morgan fingerprint density at radius 1 is 0.839 bits per heavy atom. The fraction of sp³-hybridized carbons (Fsp3) is 0.308. The van der Waals surface area contributed by atoms with Crippen molar-refractivity contribution >= 4 is 24.2 Å². The number of halogens is 1. The molecule has 4 rings (SSSR count). The maximum atomic E-state index is 6.57. The van der Waals surface area contributed by atoms with E-state index in [0.29, 0.717) is 6.61 Å². The topological polar surface area (TPSA) is 27.7 Å². The lowest BCUT2D eigenvalue weighted by atomic mass is 9.97. The fourth-order valence-electron chi connectivity index (χ4n) is 3.37. The Balaban J connectivity index is 1.69. The van der Waals surface area contributed by atoms with Gasteiger partial charge >= 0.3 is 5.79 Å². The van der Waals surface area contributed by atoms with Gasteiger partial charge in [-0.3, -0.25) is 0 Å². The summed E-state index contributed by atoms with van der Waals surface area (Å²) in [4.78, 5) is 0. The van der Waals surface area contributed by atoms with Crippen LogP contribution < -0.4 is 9.47 Å². The number of benzene rings is 3. The summed E-state index contributed by atoms with van der Waals surface area (Å²) < 4.78 is 20.5. The highest BCUT2D eigenvalue weighted by Gasteiger charge is 2.45. The summed E-state index contributed by atoms with van der Waals surface area (Å²) in [5.41, 5.74) is 2.96. The van der Waals surface area contributed by atoms with Crippen molar-refractivity contribution in [2.24, 2.45) is 0 Å². The Morgan fingerprint density at radius 3 is 1.81 bits per heavy atom. The predicted molar refractivity (Wildman–Crippen MR) is 131 cm³/mol. The van der Waals surface area contributed by atoms with E-state index in [2.05, 4.69) is 49.8 Å². The van der Waals surface area contributed by atoms with Crippen LogP contribution in [0, 0.1) is 0 Å². The minimum Gasteiger partial charge on any atom is -0.440 e. The predicted octanol–water partition coefficient (Wildman–Crippen LogP) is 7.64. The molecule has 31 heavy (non-hydrogen) atoms. The van der Waals surface area contributed by atoms with Crippen LogP contribution in [0.1, 0.15) is 37.5 Å². The van der Waals surface area contributed by atoms with E-state index in [4.69, 9.17) is 13.9 Å². The van der Waals surface area contributed by atoms with Gasteiger partial charge in [0.15, 0.2) is 19.8 Å². The van der Waals surface area contributed by atoms with Gasteiger partial charge in [0.05, 0.1) is 6.61 Å². The third kappa shape index (κ3) is 4.19. The highest BCUT2D eigenvalue weighted by atomic mass is 79.9. The van der Waals surface area contributed by atoms with Crippen LogP contribution >= 0.6 is 15.9 Å². The van der Waals surface area contributed by atoms with Crippen molar-refractivity contribution in [2.45, 2.75) is 51.3 Å². The quantitative estimate of drug-likeness (QED) is 0.339. The number of hydrogen-bond donors (Lipinski definition) is 0. The highest BCUT2D eigenvalue weighted by Crippen LogP contribution is 2.49. The van der Waals surface area contributed by atoms with Crippen molar-refractivity contribution < 1.29 is 13.9 Å². The van der Waals surface area contributed by atoms with Crippen LogP contribution in [0.25, 0.3) is 0 Å². The molecule has 0 amide bonds. The summed E-state index contributed by atoms with van der Waals surface area (Å²) in [5.74, 6) is 0.434. The number of fused-ring (bicyclic) bond motifs is 1. The molecule has 0 unspecified atom stereocenters. The number of ether oxygens (including phenoxy) is 2. The van der Waals surface area contributed by atoms with E-state index in [0.717, 1.165) is 32.7 Å². The summed E-state index contributed by atoms with van der Waals surface area (Å²) >= 11 is 3.72. The molecule has 0 aliphatic carbocycles. The molecule has 0 fully saturated rings. The van der Waals surface area contributed by atoms with E-state index in [1.54, 1.807) is 0 Å². The lowest BCUT2D eigenvalue weighted by Crippen LogP contribution is -2.40. The van der Waals surface area contributed by atoms with Crippen LogP contribution in [0.3, 0.4) is 0 Å². The maximum absolute atomic E-state index is 6.57. The fourth-order valence-corrected chi connectivity index (χ4v) is 4.76. The molecule has 3 aromatic carbocycles. The monoisotopic (exact) mass is 496 g/mol. The second-order valence-electron chi connectivity index (χ2n) is 9.49. The molecule has 3 aromatic rings. The largest absolute Gasteiger partial charge is 0.440 e. The SMILES string of the molecule is CC(C)(C)[Si](C)(C)OCc1cc2c(cc1Br)OC(c1ccccc1)(c1ccccc1)O2. The first-order valence-corrected chi connectivity index (χ1v) is 14.3. The van der Waals surface area contributed by atoms with Crippen LogP contribution in [-0.4, -0.2) is 8.32 Å². The minimum absolute atomic E-state index is 0.158. The molecule has 1 aliphatic heterocycles. The van der Waals surface area contributed by atoms with E-state index in [-0.39, 0.29) is 5.04 Å². The van der Waals surface area contributed by atoms with Crippen molar-refractivity contribution in [3.63, 3.8) is 0 Å². The molecule has 0 bridgehead atoms. The zero-order chi connectivity index (χ0) is 22.3. The zero-order valence-corrected chi connectivity index (χ0v) is 21.3. The molecule has 1 aliphatic rings. The van der Waals surface area contributed by atoms with Gasteiger partial charge < -0.3 is 13.9 Å². The van der Waals surface area contributed by atoms with Crippen molar-refractivity contribution in [1.29, 1.82) is 0 Å². The molecular weight excluding hydrogens is 468 g/mol. The summed E-state index contributed by atoms with van der Waals surface area (Å²) in [6, 6.07) is 24.2. The second kappa shape index (κ2) is 8.12. The van der Waals surface area contributed by atoms with Gasteiger partial charge in [0.25, 0.3) is 0 Å². The average Bonchev–Trinajstić information content (AvgIpc) is 3.12. The first-order chi connectivity index (χ1) is 14.6. The third-order valence-electron chi connectivity index (χ3n) is 6.32. The van der Waals surface area contributed by atoms with E-state index in [1.807, 2.05) is 72.8 Å². The van der Waals surface area contributed by atoms with Crippen LogP contribution in [0.2, 0.25) is 18.1 Å². The standard InChI is InChI=1S/C26H29BrO3Si/c1-25(2,3)31(4,5)28-18-19-16-23-24(17-22(19)27)30-26(29-23,20-12-8-6-9-13-20)21-14-10-7-11-15-21/h6-17H,18H2,1-5H3. The number of hydrogen-bond acceptors (Lipinski definition) is 3. The van der Waals surface area contributed by atoms with Gasteiger partial charge in [0.1, 0.15) is 0 Å². The smallest absolute Gasteiger partial charge is 0.305 e. The van der Waals surface area contributed by atoms with Crippen LogP contribution in [0.4, 0.5) is 0 Å². The van der Waals surface area contributed by atoms with Gasteiger partial charge in [-0.05, 0) is 35.8 Å². The number of rotatable bonds is 5. The lowest BCUT2D eigenvalue weighted by Gasteiger charge is -2.36. The molecule has 5 heteroatoms. The molecule has 0 atom stereocenters. The Labute approximate surface area is 194 Å². The van der Waals surface area contributed by atoms with Gasteiger partial charge in [-0.15, -0.1) is 0 Å². The molecular formula is C26H29BrO3Si. The Morgan fingerprint density at radius 2 is 1.32 bits per heavy atom. The van der Waals surface area contributed by atoms with E-state index in [1.165, 1.54) is 0 Å². The molecule has 0 aromatic heterocycles. The van der Waals surface area contributed by atoms with Crippen LogP contribution in [-0.2, 0) is 16.8 Å². The van der Waals surface area contributed by atoms with Crippen molar-refractivity contribution in [3.05, 3.63) is 94.0 Å². The summed E-state index contributed by atoms with van der Waals surface area (Å²) in [7, 11) is -1.86. The lowest BCUT2D eigenvalue weighted by molar-refractivity contribution is -0.0459. The molecule has 0 saturated carbocycles. The molecule has 3 nitrogen and oxygen atoms in total. The Kier molecular flexibility index (Phi) is 5.79. The minimum atomic E-state index is -1.86. The molecule has 0 saturated heterocycles. The van der Waals surface area contributed by atoms with Gasteiger partial charge in [-0.2, -0.15) is 0 Å². The van der Waals surface area contributed by atoms with Crippen molar-refractivity contribution in [1.82, 2.24) is 0 Å². The average molecular weight is 498 g/mol. The molecule has 0 spiro atoms. The zero-order valence-electron chi connectivity index (χ0n) is 18.7. The van der Waals surface area contributed by atoms with Crippen molar-refractivity contribution in [2.75, 3.05) is 0 Å². The summed E-state index contributed by atoms with van der Waals surface area (Å²) in [6.45, 7) is 11.8. The van der Waals surface area contributed by atoms with Gasteiger partial charge in [-0.25, -0.2) is 0 Å².